The van der Waals surface area contributed by atoms with Gasteiger partial charge in [-0.2, -0.15) is 0 Å². The Bertz CT molecular complexity index is 3950. The van der Waals surface area contributed by atoms with Crippen molar-refractivity contribution in [3.8, 4) is 62.1 Å². The average molecular weight is 942 g/mol. The largest absolute Gasteiger partial charge is 0.375 e. The summed E-state index contributed by atoms with van der Waals surface area (Å²) < 4.78 is 5.34. The predicted octanol–water partition coefficient (Wildman–Crippen LogP) is 15.0. The van der Waals surface area contributed by atoms with Crippen molar-refractivity contribution in [1.82, 2.24) is 24.0 Å². The van der Waals surface area contributed by atoms with Crippen LogP contribution in [-0.2, 0) is 10.8 Å². The zero-order valence-corrected chi connectivity index (χ0v) is 42.7. The van der Waals surface area contributed by atoms with Crippen LogP contribution in [0.4, 0.5) is 0 Å². The SMILES string of the molecule is CSc1ccc2c(c1)c1cc(SC)cc3c1n2-c1cc(-c2cccc(-c4nc(-c5ccccc5)nc(-c5ccccc5)n4)c2)c(C)c2c1B3n1c3ccc(C(C)(C)C)cc3c3cc(C(C)(C)C)cc-2c31. The Balaban J connectivity index is 1.15. The van der Waals surface area contributed by atoms with Crippen LogP contribution in [0.5, 0.6) is 0 Å². The Morgan fingerprint density at radius 1 is 0.471 bits per heavy atom. The number of rotatable bonds is 6. The van der Waals surface area contributed by atoms with E-state index in [1.165, 1.54) is 103 Å². The van der Waals surface area contributed by atoms with Gasteiger partial charge in [0.05, 0.1) is 11.0 Å². The van der Waals surface area contributed by atoms with Gasteiger partial charge in [0, 0.05) is 70.3 Å². The summed E-state index contributed by atoms with van der Waals surface area (Å²) in [6.45, 7) is 16.4. The minimum Gasteiger partial charge on any atom is -0.375 e. The highest BCUT2D eigenvalue weighted by Crippen LogP contribution is 2.49. The van der Waals surface area contributed by atoms with Gasteiger partial charge in [-0.25, -0.2) is 15.0 Å². The molecule has 8 aromatic carbocycles. The molecule has 2 aliphatic heterocycles. The summed E-state index contributed by atoms with van der Waals surface area (Å²) in [6.07, 6.45) is 4.40. The fourth-order valence-electron chi connectivity index (χ4n) is 11.5. The highest BCUT2D eigenvalue weighted by molar-refractivity contribution is 7.98. The molecule has 0 radical (unpaired) electrons. The van der Waals surface area contributed by atoms with Gasteiger partial charge < -0.3 is 9.05 Å². The van der Waals surface area contributed by atoms with Crippen molar-refractivity contribution in [2.75, 3.05) is 12.5 Å². The molecule has 340 valence electrons. The van der Waals surface area contributed by atoms with Crippen LogP contribution in [0.15, 0.2) is 161 Å². The quantitative estimate of drug-likeness (QED) is 0.123. The van der Waals surface area contributed by atoms with Crippen molar-refractivity contribution in [3.63, 3.8) is 0 Å². The Morgan fingerprint density at radius 2 is 1.04 bits per heavy atom. The number of aromatic nitrogens is 5. The van der Waals surface area contributed by atoms with Gasteiger partial charge in [-0.3, -0.25) is 0 Å². The molecule has 0 fully saturated rings. The summed E-state index contributed by atoms with van der Waals surface area (Å²) in [5.74, 6) is 1.95. The zero-order valence-electron chi connectivity index (χ0n) is 41.1. The van der Waals surface area contributed by atoms with Crippen LogP contribution in [0.25, 0.3) is 106 Å². The Labute approximate surface area is 418 Å². The summed E-state index contributed by atoms with van der Waals surface area (Å²) in [7, 11) is 0. The molecular formula is C62H52BN5S2. The van der Waals surface area contributed by atoms with E-state index in [1.807, 2.05) is 48.2 Å². The number of thioether (sulfide) groups is 2. The predicted molar refractivity (Wildman–Crippen MR) is 300 cm³/mol. The highest BCUT2D eigenvalue weighted by Gasteiger charge is 2.43. The van der Waals surface area contributed by atoms with E-state index in [0.717, 1.165) is 22.3 Å². The minimum atomic E-state index is -0.0864. The van der Waals surface area contributed by atoms with Crippen LogP contribution in [0.2, 0.25) is 0 Å². The maximum Gasteiger partial charge on any atom is 0.333 e. The summed E-state index contributed by atoms with van der Waals surface area (Å²) in [4.78, 5) is 17.9. The molecule has 0 aliphatic carbocycles. The molecule has 0 atom stereocenters. The first-order valence-electron chi connectivity index (χ1n) is 24.3. The summed E-state index contributed by atoms with van der Waals surface area (Å²) in [5.41, 5.74) is 20.8. The van der Waals surface area contributed by atoms with Crippen molar-refractivity contribution in [3.05, 3.63) is 168 Å². The van der Waals surface area contributed by atoms with Crippen LogP contribution in [0.3, 0.4) is 0 Å². The molecule has 0 spiro atoms. The third-order valence-corrected chi connectivity index (χ3v) is 16.4. The lowest BCUT2D eigenvalue weighted by Gasteiger charge is -2.36. The Kier molecular flexibility index (Phi) is 9.60. The number of benzene rings is 8. The van der Waals surface area contributed by atoms with Gasteiger partial charge >= 0.3 is 6.85 Å². The van der Waals surface area contributed by atoms with E-state index in [9.17, 15) is 0 Å². The monoisotopic (exact) mass is 941 g/mol. The smallest absolute Gasteiger partial charge is 0.333 e. The molecule has 0 saturated heterocycles. The molecule has 0 bridgehead atoms. The summed E-state index contributed by atoms with van der Waals surface area (Å²) in [6, 6.07) is 56.2. The van der Waals surface area contributed by atoms with Gasteiger partial charge in [-0.1, -0.05) is 126 Å². The molecule has 11 aromatic rings. The van der Waals surface area contributed by atoms with Crippen molar-refractivity contribution in [2.24, 2.45) is 0 Å². The first-order valence-corrected chi connectivity index (χ1v) is 26.7. The Morgan fingerprint density at radius 3 is 1.70 bits per heavy atom. The fourth-order valence-corrected chi connectivity index (χ4v) is 12.4. The van der Waals surface area contributed by atoms with Crippen LogP contribution in [0.1, 0.15) is 58.2 Å². The van der Waals surface area contributed by atoms with Gasteiger partial charge in [0.25, 0.3) is 0 Å². The van der Waals surface area contributed by atoms with Crippen LogP contribution in [-0.4, -0.2) is 43.4 Å². The van der Waals surface area contributed by atoms with Crippen LogP contribution >= 0.6 is 23.5 Å². The third-order valence-electron chi connectivity index (χ3n) is 15.0. The lowest BCUT2D eigenvalue weighted by atomic mass is 9.45. The molecule has 5 heterocycles. The number of nitrogens with zero attached hydrogens (tertiary/aromatic N) is 5. The Hall–Kier alpha value is -6.87. The third kappa shape index (κ3) is 6.45. The van der Waals surface area contributed by atoms with Crippen LogP contribution < -0.4 is 10.9 Å². The molecule has 0 N–H and O–H groups in total. The van der Waals surface area contributed by atoms with Gasteiger partial charge in [0.15, 0.2) is 17.5 Å². The van der Waals surface area contributed by atoms with E-state index < -0.39 is 0 Å². The first-order chi connectivity index (χ1) is 33.8. The normalized spacial score (nSPS) is 13.0. The molecule has 13 rings (SSSR count). The van der Waals surface area contributed by atoms with Crippen LogP contribution in [0, 0.1) is 6.92 Å². The van der Waals surface area contributed by atoms with E-state index in [-0.39, 0.29) is 17.7 Å². The number of hydrogen-bond donors (Lipinski definition) is 0. The van der Waals surface area contributed by atoms with E-state index >= 15 is 0 Å². The van der Waals surface area contributed by atoms with Crippen molar-refractivity contribution in [1.29, 1.82) is 0 Å². The fraction of sp³-hybridized carbons (Fsp3) is 0.177. The second-order valence-electron chi connectivity index (χ2n) is 21.2. The molecule has 5 nitrogen and oxygen atoms in total. The second kappa shape index (κ2) is 15.6. The first kappa shape index (κ1) is 43.2. The van der Waals surface area contributed by atoms with Gasteiger partial charge in [0.2, 0.25) is 0 Å². The molecule has 70 heavy (non-hydrogen) atoms. The molecule has 3 aromatic heterocycles. The maximum atomic E-state index is 5.18. The molecule has 8 heteroatoms. The van der Waals surface area contributed by atoms with E-state index in [1.54, 1.807) is 11.8 Å². The molecule has 0 saturated carbocycles. The van der Waals surface area contributed by atoms with Gasteiger partial charge in [0.1, 0.15) is 0 Å². The van der Waals surface area contributed by atoms with Crippen molar-refractivity contribution < 1.29 is 0 Å². The van der Waals surface area contributed by atoms with Crippen molar-refractivity contribution >= 4 is 84.9 Å². The zero-order chi connectivity index (χ0) is 48.0. The lowest BCUT2D eigenvalue weighted by molar-refractivity contribution is 0.590. The maximum absolute atomic E-state index is 5.18. The topological polar surface area (TPSA) is 48.5 Å². The minimum absolute atomic E-state index is 0.00278. The highest BCUT2D eigenvalue weighted by atomic mass is 32.2. The summed E-state index contributed by atoms with van der Waals surface area (Å²) in [5, 5.41) is 5.25. The number of fused-ring (bicyclic) bond motifs is 10. The molecular weight excluding hydrogens is 890 g/mol. The van der Waals surface area contributed by atoms with Crippen molar-refractivity contribution in [2.45, 2.75) is 69.1 Å². The standard InChI is InChI=1S/C62H52BN5S2/c1-35-44(38-21-16-22-39(27-38)60-65-58(36-17-12-10-13-18-36)64-59(66-60)37-19-14-11-15-20-37)34-53-55-54(35)49-30-41(62(5,6)7)29-47-45-28-40(61(2,3)4)23-25-52(45)68(56(47)49)63(55)50-33-43(70-9)32-48-46-31-42(69-8)24-26-51(46)67(53)57(48)50/h10-34H,1-9H3. The van der Waals surface area contributed by atoms with Gasteiger partial charge in [-0.05, 0) is 141 Å². The van der Waals surface area contributed by atoms with E-state index in [4.69, 9.17) is 15.0 Å². The van der Waals surface area contributed by atoms with E-state index in [0.29, 0.717) is 17.5 Å². The summed E-state index contributed by atoms with van der Waals surface area (Å²) >= 11 is 3.64. The van der Waals surface area contributed by atoms with E-state index in [2.05, 4.69) is 185 Å². The molecule has 2 aliphatic rings. The molecule has 0 amide bonds. The van der Waals surface area contributed by atoms with Gasteiger partial charge in [-0.15, -0.1) is 23.5 Å². The average Bonchev–Trinajstić information content (AvgIpc) is 3.88. The number of hydrogen-bond acceptors (Lipinski definition) is 5. The molecule has 0 unspecified atom stereocenters. The second-order valence-corrected chi connectivity index (χ2v) is 23.0. The lowest BCUT2D eigenvalue weighted by Crippen LogP contribution is -2.55.